The molecule has 1 aliphatic heterocycles. The van der Waals surface area contributed by atoms with Crippen LogP contribution in [-0.2, 0) is 9.31 Å². The molecule has 0 fully saturated rings. The Labute approximate surface area is 143 Å². The van der Waals surface area contributed by atoms with Crippen molar-refractivity contribution in [2.45, 2.75) is 26.9 Å². The normalized spacial score (nSPS) is 19.1. The quantitative estimate of drug-likeness (QED) is 0.480. The van der Waals surface area contributed by atoms with Crippen LogP contribution in [0, 0.1) is 6.08 Å². The van der Waals surface area contributed by atoms with E-state index in [9.17, 15) is 13.4 Å². The monoisotopic (exact) mass is 349 g/mol. The molecular formula is C17H18BF2NO4. The van der Waals surface area contributed by atoms with Crippen molar-refractivity contribution in [2.75, 3.05) is 18.0 Å². The maximum absolute atomic E-state index is 13.5. The van der Waals surface area contributed by atoms with Crippen LogP contribution < -0.4 is 10.5 Å². The Bertz CT molecular complexity index is 877. The zero-order chi connectivity index (χ0) is 18.2. The molecule has 0 spiro atoms. The summed E-state index contributed by atoms with van der Waals surface area (Å²) in [5, 5.41) is 0.610. The number of anilines is 1. The molecule has 1 atom stereocenters. The lowest BCUT2D eigenvalue weighted by Gasteiger charge is -2.29. The van der Waals surface area contributed by atoms with Crippen LogP contribution in [0.25, 0.3) is 16.7 Å². The Morgan fingerprint density at radius 1 is 1.24 bits per heavy atom. The van der Waals surface area contributed by atoms with Crippen LogP contribution in [0.3, 0.4) is 0 Å². The first kappa shape index (κ1) is 17.4. The van der Waals surface area contributed by atoms with Crippen LogP contribution in [-0.4, -0.2) is 26.3 Å². The van der Waals surface area contributed by atoms with Crippen molar-refractivity contribution in [1.82, 2.24) is 0 Å². The van der Waals surface area contributed by atoms with E-state index in [1.165, 1.54) is 13.0 Å². The number of halogens is 2. The number of benzene rings is 1. The summed E-state index contributed by atoms with van der Waals surface area (Å²) in [6.45, 7) is 7.09. The average molecular weight is 349 g/mol. The van der Waals surface area contributed by atoms with Gasteiger partial charge in [-0.3, -0.25) is 0 Å². The number of hydrogen-bond acceptors (Lipinski definition) is 5. The fourth-order valence-corrected chi connectivity index (χ4v) is 2.84. The van der Waals surface area contributed by atoms with Crippen molar-refractivity contribution < 1.29 is 22.4 Å². The van der Waals surface area contributed by atoms with Gasteiger partial charge in [0.15, 0.2) is 6.10 Å². The topological polar surface area (TPSA) is 51.9 Å². The van der Waals surface area contributed by atoms with Crippen molar-refractivity contribution >= 4 is 29.5 Å². The summed E-state index contributed by atoms with van der Waals surface area (Å²) in [6.07, 6.45) is 1.59. The third-order valence-corrected chi connectivity index (χ3v) is 4.04. The van der Waals surface area contributed by atoms with Crippen LogP contribution in [0.5, 0.6) is 0 Å². The van der Waals surface area contributed by atoms with E-state index >= 15 is 0 Å². The molecule has 0 radical (unpaired) electrons. The highest BCUT2D eigenvalue weighted by molar-refractivity contribution is 6.53. The highest BCUT2D eigenvalue weighted by Gasteiger charge is 2.43. The second-order valence-corrected chi connectivity index (χ2v) is 5.75. The van der Waals surface area contributed by atoms with Crippen molar-refractivity contribution in [3.05, 3.63) is 46.3 Å². The molecule has 0 saturated carbocycles. The van der Waals surface area contributed by atoms with Gasteiger partial charge in [-0.05, 0) is 32.9 Å². The van der Waals surface area contributed by atoms with Crippen LogP contribution >= 0.6 is 0 Å². The van der Waals surface area contributed by atoms with Crippen molar-refractivity contribution in [3.8, 4) is 0 Å². The van der Waals surface area contributed by atoms with Gasteiger partial charge in [0.25, 0.3) is 0 Å². The second kappa shape index (κ2) is 6.46. The fourth-order valence-electron chi connectivity index (χ4n) is 2.84. The van der Waals surface area contributed by atoms with Gasteiger partial charge in [0.05, 0.1) is 6.07 Å². The molecule has 0 N–H and O–H groups in total. The standard InChI is InChI=1S/C17H18BF2NO4/c1-4-21(5-2)13-7-6-12-9-14(17(22)23-15(12)10-13)16-8-11(3)24-18(19,20)25-16/h6-7,9-11H,4-5H2,1-3H3. The number of hydrogen-bond donors (Lipinski definition) is 0. The van der Waals surface area contributed by atoms with Gasteiger partial charge in [0.1, 0.15) is 11.7 Å². The zero-order valence-corrected chi connectivity index (χ0v) is 14.2. The molecule has 0 amide bonds. The molecule has 0 aliphatic carbocycles. The second-order valence-electron chi connectivity index (χ2n) is 5.75. The van der Waals surface area contributed by atoms with E-state index in [1.807, 2.05) is 19.9 Å². The van der Waals surface area contributed by atoms with E-state index in [-0.39, 0.29) is 11.3 Å². The van der Waals surface area contributed by atoms with Gasteiger partial charge in [-0.1, -0.05) is 0 Å². The predicted molar refractivity (Wildman–Crippen MR) is 92.3 cm³/mol. The smallest absolute Gasteiger partial charge is 0.600 e. The van der Waals surface area contributed by atoms with Crippen LogP contribution in [0.4, 0.5) is 14.3 Å². The Hall–Kier alpha value is -2.44. The number of fused-ring (bicyclic) bond motifs is 1. The summed E-state index contributed by atoms with van der Waals surface area (Å²) < 4.78 is 41.1. The molecular weight excluding hydrogens is 331 g/mol. The lowest BCUT2D eigenvalue weighted by Crippen LogP contribution is -2.39. The van der Waals surface area contributed by atoms with E-state index in [4.69, 9.17) is 4.42 Å². The van der Waals surface area contributed by atoms with E-state index in [0.29, 0.717) is 11.0 Å². The molecule has 2 heterocycles. The van der Waals surface area contributed by atoms with Crippen LogP contribution in [0.15, 0.2) is 33.5 Å². The summed E-state index contributed by atoms with van der Waals surface area (Å²) in [7, 11) is -4.49. The van der Waals surface area contributed by atoms with Gasteiger partial charge in [-0.15, -0.1) is 0 Å². The number of nitrogens with zero attached hydrogens (tertiary/aromatic N) is 1. The van der Waals surface area contributed by atoms with Gasteiger partial charge in [-0.25, -0.2) is 4.79 Å². The average Bonchev–Trinajstić information content (AvgIpc) is 2.53. The first-order valence-electron chi connectivity index (χ1n) is 8.16. The fraction of sp³-hybridized carbons (Fsp3) is 0.353. The van der Waals surface area contributed by atoms with Gasteiger partial charge in [0, 0.05) is 30.2 Å². The maximum atomic E-state index is 13.5. The highest BCUT2D eigenvalue weighted by Crippen LogP contribution is 2.30. The zero-order valence-electron chi connectivity index (χ0n) is 14.2. The SMILES string of the molecule is CCN(CC)c1ccc2cc(C3=[C+]C(C)O[B-](F)(F)O3)c(=O)oc2c1. The molecule has 1 aromatic carbocycles. The molecule has 25 heavy (non-hydrogen) atoms. The van der Waals surface area contributed by atoms with Gasteiger partial charge in [0.2, 0.25) is 5.56 Å². The molecule has 1 unspecified atom stereocenters. The molecule has 1 aromatic heterocycles. The molecule has 8 heteroatoms. The van der Waals surface area contributed by atoms with E-state index in [0.717, 1.165) is 18.8 Å². The van der Waals surface area contributed by atoms with Gasteiger partial charge >= 0.3 is 18.5 Å². The molecule has 2 aromatic rings. The predicted octanol–water partition coefficient (Wildman–Crippen LogP) is 3.59. The minimum absolute atomic E-state index is 0.0974. The molecule has 1 aliphatic rings. The van der Waals surface area contributed by atoms with Crippen molar-refractivity contribution in [1.29, 1.82) is 0 Å². The summed E-state index contributed by atoms with van der Waals surface area (Å²) in [4.78, 5) is 14.4. The molecule has 5 nitrogen and oxygen atoms in total. The highest BCUT2D eigenvalue weighted by atomic mass is 19.3. The lowest BCUT2D eigenvalue weighted by molar-refractivity contribution is 0.0903. The third-order valence-electron chi connectivity index (χ3n) is 4.04. The minimum atomic E-state index is -4.49. The van der Waals surface area contributed by atoms with E-state index in [2.05, 4.69) is 20.3 Å². The first-order valence-corrected chi connectivity index (χ1v) is 8.16. The van der Waals surface area contributed by atoms with Gasteiger partial charge < -0.3 is 27.3 Å². The third kappa shape index (κ3) is 3.50. The molecule has 0 bridgehead atoms. The van der Waals surface area contributed by atoms with Crippen LogP contribution in [0.2, 0.25) is 0 Å². The largest absolute Gasteiger partial charge is 0.668 e. The Kier molecular flexibility index (Phi) is 4.50. The minimum Gasteiger partial charge on any atom is -0.600 e. The summed E-state index contributed by atoms with van der Waals surface area (Å²) in [6, 6.07) is 6.91. The summed E-state index contributed by atoms with van der Waals surface area (Å²) >= 11 is 0. The molecule has 132 valence electrons. The Morgan fingerprint density at radius 3 is 2.60 bits per heavy atom. The molecule has 3 rings (SSSR count). The first-order chi connectivity index (χ1) is 11.8. The van der Waals surface area contributed by atoms with E-state index in [1.54, 1.807) is 12.1 Å². The molecule has 0 saturated heterocycles. The Balaban J connectivity index is 2.06. The summed E-state index contributed by atoms with van der Waals surface area (Å²) in [5.41, 5.74) is 0.452. The van der Waals surface area contributed by atoms with Gasteiger partial charge in [-0.2, -0.15) is 0 Å². The summed E-state index contributed by atoms with van der Waals surface area (Å²) in [5.74, 6) is -0.341. The maximum Gasteiger partial charge on any atom is 0.668 e. The van der Waals surface area contributed by atoms with Crippen molar-refractivity contribution in [3.63, 3.8) is 0 Å². The van der Waals surface area contributed by atoms with Crippen LogP contribution in [0.1, 0.15) is 26.3 Å². The van der Waals surface area contributed by atoms with E-state index < -0.39 is 18.8 Å². The number of rotatable bonds is 4. The Morgan fingerprint density at radius 2 is 1.96 bits per heavy atom. The lowest BCUT2D eigenvalue weighted by atomic mass is 10.1. The van der Waals surface area contributed by atoms with Crippen molar-refractivity contribution in [2.24, 2.45) is 0 Å².